The Labute approximate surface area is 140 Å². The van der Waals surface area contributed by atoms with Crippen molar-refractivity contribution in [2.75, 3.05) is 18.4 Å². The van der Waals surface area contributed by atoms with Crippen molar-refractivity contribution >= 4 is 21.6 Å². The molecule has 0 saturated carbocycles. The first-order valence-corrected chi connectivity index (χ1v) is 8.97. The highest BCUT2D eigenvalue weighted by Crippen LogP contribution is 2.25. The maximum absolute atomic E-state index is 12.6. The van der Waals surface area contributed by atoms with E-state index in [0.717, 1.165) is 17.5 Å². The number of rotatable bonds is 4. The zero-order valence-corrected chi connectivity index (χ0v) is 14.2. The molecule has 0 fully saturated rings. The predicted molar refractivity (Wildman–Crippen MR) is 91.0 cm³/mol. The lowest BCUT2D eigenvalue weighted by molar-refractivity contribution is 0.0946. The van der Waals surface area contributed by atoms with Gasteiger partial charge in [-0.3, -0.25) is 9.52 Å². The summed E-state index contributed by atoms with van der Waals surface area (Å²) in [6, 6.07) is 9.67. The van der Waals surface area contributed by atoms with Gasteiger partial charge in [0.1, 0.15) is 5.75 Å². The van der Waals surface area contributed by atoms with Crippen molar-refractivity contribution < 1.29 is 17.9 Å². The van der Waals surface area contributed by atoms with E-state index in [-0.39, 0.29) is 10.8 Å². The first-order valence-electron chi connectivity index (χ1n) is 7.49. The topological polar surface area (TPSA) is 84.5 Å². The van der Waals surface area contributed by atoms with Crippen molar-refractivity contribution in [3.8, 4) is 5.75 Å². The van der Waals surface area contributed by atoms with Gasteiger partial charge >= 0.3 is 0 Å². The molecule has 0 atom stereocenters. The first kappa shape index (κ1) is 16.3. The molecular weight excluding hydrogens is 328 g/mol. The minimum atomic E-state index is -3.74. The molecule has 0 aliphatic carbocycles. The van der Waals surface area contributed by atoms with Crippen molar-refractivity contribution in [3.05, 3.63) is 53.1 Å². The van der Waals surface area contributed by atoms with Gasteiger partial charge in [-0.1, -0.05) is 6.07 Å². The molecule has 0 spiro atoms. The molecule has 0 aromatic heterocycles. The fourth-order valence-electron chi connectivity index (χ4n) is 2.71. The van der Waals surface area contributed by atoms with Gasteiger partial charge in [0.25, 0.3) is 15.9 Å². The summed E-state index contributed by atoms with van der Waals surface area (Å²) < 4.78 is 32.8. The molecule has 0 saturated heterocycles. The third-order valence-electron chi connectivity index (χ3n) is 3.96. The number of methoxy groups -OCH3 is 1. The lowest BCUT2D eigenvalue weighted by Crippen LogP contribution is -2.31. The third-order valence-corrected chi connectivity index (χ3v) is 5.34. The van der Waals surface area contributed by atoms with E-state index in [1.807, 2.05) is 0 Å². The van der Waals surface area contributed by atoms with Gasteiger partial charge in [-0.2, -0.15) is 0 Å². The fourth-order valence-corrected chi connectivity index (χ4v) is 3.84. The van der Waals surface area contributed by atoms with E-state index in [1.54, 1.807) is 37.3 Å². The summed E-state index contributed by atoms with van der Waals surface area (Å²) in [5, 5.41) is 2.75. The number of carbonyl (C=O) groups excluding carboxylic acids is 1. The van der Waals surface area contributed by atoms with E-state index in [1.165, 1.54) is 13.2 Å². The number of carbonyl (C=O) groups is 1. The molecule has 24 heavy (non-hydrogen) atoms. The van der Waals surface area contributed by atoms with Crippen LogP contribution in [-0.2, 0) is 16.4 Å². The van der Waals surface area contributed by atoms with Gasteiger partial charge in [0, 0.05) is 17.8 Å². The van der Waals surface area contributed by atoms with Crippen molar-refractivity contribution in [2.45, 2.75) is 18.2 Å². The zero-order chi connectivity index (χ0) is 17.3. The second kappa shape index (κ2) is 6.16. The second-order valence-electron chi connectivity index (χ2n) is 5.61. The number of amides is 1. The Balaban J connectivity index is 1.91. The summed E-state index contributed by atoms with van der Waals surface area (Å²) in [5.41, 5.74) is 2.51. The van der Waals surface area contributed by atoms with Crippen molar-refractivity contribution in [1.29, 1.82) is 0 Å². The van der Waals surface area contributed by atoms with Gasteiger partial charge in [-0.25, -0.2) is 8.42 Å². The van der Waals surface area contributed by atoms with Crippen LogP contribution in [0.4, 0.5) is 5.69 Å². The molecular formula is C17H18N2O4S. The van der Waals surface area contributed by atoms with E-state index in [9.17, 15) is 13.2 Å². The Morgan fingerprint density at radius 3 is 2.67 bits per heavy atom. The summed E-state index contributed by atoms with van der Waals surface area (Å²) in [6.45, 7) is 2.38. The second-order valence-corrected chi connectivity index (χ2v) is 7.30. The Kier molecular flexibility index (Phi) is 4.19. The van der Waals surface area contributed by atoms with Crippen LogP contribution in [0.3, 0.4) is 0 Å². The van der Waals surface area contributed by atoms with Gasteiger partial charge in [-0.05, 0) is 54.8 Å². The van der Waals surface area contributed by atoms with Crippen molar-refractivity contribution in [1.82, 2.24) is 5.32 Å². The number of hydrogen-bond acceptors (Lipinski definition) is 4. The van der Waals surface area contributed by atoms with Crippen LogP contribution in [0.2, 0.25) is 0 Å². The van der Waals surface area contributed by atoms with Crippen LogP contribution in [-0.4, -0.2) is 28.0 Å². The zero-order valence-electron chi connectivity index (χ0n) is 13.4. The van der Waals surface area contributed by atoms with E-state index < -0.39 is 10.0 Å². The molecule has 7 heteroatoms. The smallest absolute Gasteiger partial charge is 0.261 e. The SMILES string of the molecule is COc1ccc(S(=O)(=O)Nc2ccc3c(c2)C(=O)NCC3)cc1C. The van der Waals surface area contributed by atoms with Gasteiger partial charge in [0.15, 0.2) is 0 Å². The van der Waals surface area contributed by atoms with Gasteiger partial charge in [0.2, 0.25) is 0 Å². The van der Waals surface area contributed by atoms with Crippen LogP contribution in [0.1, 0.15) is 21.5 Å². The quantitative estimate of drug-likeness (QED) is 0.888. The van der Waals surface area contributed by atoms with Gasteiger partial charge in [-0.15, -0.1) is 0 Å². The number of anilines is 1. The summed E-state index contributed by atoms with van der Waals surface area (Å²) in [7, 11) is -2.21. The Morgan fingerprint density at radius 1 is 1.17 bits per heavy atom. The average Bonchev–Trinajstić information content (AvgIpc) is 2.55. The van der Waals surface area contributed by atoms with Crippen molar-refractivity contribution in [3.63, 3.8) is 0 Å². The van der Waals surface area contributed by atoms with Gasteiger partial charge in [0.05, 0.1) is 12.0 Å². The number of aryl methyl sites for hydroxylation is 1. The molecule has 3 rings (SSSR count). The molecule has 2 aromatic carbocycles. The maximum atomic E-state index is 12.6. The molecule has 2 N–H and O–H groups in total. The van der Waals surface area contributed by atoms with E-state index in [0.29, 0.717) is 23.5 Å². The Hall–Kier alpha value is -2.54. The monoisotopic (exact) mass is 346 g/mol. The molecule has 6 nitrogen and oxygen atoms in total. The van der Waals surface area contributed by atoms with Crippen LogP contribution in [0.25, 0.3) is 0 Å². The van der Waals surface area contributed by atoms with E-state index in [4.69, 9.17) is 4.74 Å². The summed E-state index contributed by atoms with van der Waals surface area (Å²) in [6.07, 6.45) is 0.742. The maximum Gasteiger partial charge on any atom is 0.261 e. The molecule has 2 aromatic rings. The minimum absolute atomic E-state index is 0.142. The first-order chi connectivity index (χ1) is 11.4. The number of nitrogens with one attached hydrogen (secondary N) is 2. The predicted octanol–water partition coefficient (Wildman–Crippen LogP) is 2.09. The average molecular weight is 346 g/mol. The highest BCUT2D eigenvalue weighted by atomic mass is 32.2. The highest BCUT2D eigenvalue weighted by molar-refractivity contribution is 7.92. The number of benzene rings is 2. The molecule has 1 aliphatic heterocycles. The van der Waals surface area contributed by atoms with Crippen LogP contribution in [0.5, 0.6) is 5.75 Å². The fraction of sp³-hybridized carbons (Fsp3) is 0.235. The Bertz CT molecular complexity index is 907. The highest BCUT2D eigenvalue weighted by Gasteiger charge is 2.20. The van der Waals surface area contributed by atoms with Crippen LogP contribution < -0.4 is 14.8 Å². The summed E-state index contributed by atoms with van der Waals surface area (Å²) in [4.78, 5) is 12.0. The normalized spacial score (nSPS) is 13.8. The van der Waals surface area contributed by atoms with Crippen LogP contribution in [0, 0.1) is 6.92 Å². The van der Waals surface area contributed by atoms with Crippen LogP contribution >= 0.6 is 0 Å². The van der Waals surface area contributed by atoms with Gasteiger partial charge < -0.3 is 10.1 Å². The minimum Gasteiger partial charge on any atom is -0.496 e. The van der Waals surface area contributed by atoms with Crippen molar-refractivity contribution in [2.24, 2.45) is 0 Å². The molecule has 126 valence electrons. The van der Waals surface area contributed by atoms with E-state index in [2.05, 4.69) is 10.0 Å². The molecule has 0 radical (unpaired) electrons. The third kappa shape index (κ3) is 3.07. The molecule has 1 amide bonds. The number of sulfonamides is 1. The Morgan fingerprint density at radius 2 is 1.96 bits per heavy atom. The lowest BCUT2D eigenvalue weighted by Gasteiger charge is -2.18. The number of hydrogen-bond donors (Lipinski definition) is 2. The number of ether oxygens (including phenoxy) is 1. The molecule has 1 aliphatic rings. The molecule has 1 heterocycles. The standard InChI is InChI=1S/C17H18N2O4S/c1-11-9-14(5-6-16(11)23-2)24(21,22)19-13-4-3-12-7-8-18-17(20)15(12)10-13/h3-6,9-10,19H,7-8H2,1-2H3,(H,18,20). The number of fused-ring (bicyclic) bond motifs is 1. The largest absolute Gasteiger partial charge is 0.496 e. The summed E-state index contributed by atoms with van der Waals surface area (Å²) in [5.74, 6) is 0.442. The van der Waals surface area contributed by atoms with Crippen LogP contribution in [0.15, 0.2) is 41.3 Å². The lowest BCUT2D eigenvalue weighted by atomic mass is 10.00. The molecule has 0 unspecified atom stereocenters. The summed E-state index contributed by atoms with van der Waals surface area (Å²) >= 11 is 0. The van der Waals surface area contributed by atoms with E-state index >= 15 is 0 Å². The molecule has 0 bridgehead atoms.